The molecule has 3 heterocycles. The van der Waals surface area contributed by atoms with Crippen LogP contribution in [-0.2, 0) is 0 Å². The summed E-state index contributed by atoms with van der Waals surface area (Å²) in [6.45, 7) is 1.35. The number of aromatic nitrogens is 5. The molecule has 27 heavy (non-hydrogen) atoms. The number of hydrogen-bond donors (Lipinski definition) is 0. The first-order valence-electron chi connectivity index (χ1n) is 8.47. The van der Waals surface area contributed by atoms with E-state index in [1.165, 1.54) is 18.1 Å². The highest BCUT2D eigenvalue weighted by atomic mass is 35.5. The van der Waals surface area contributed by atoms with Crippen LogP contribution >= 0.6 is 22.9 Å². The van der Waals surface area contributed by atoms with E-state index in [2.05, 4.69) is 20.5 Å². The van der Waals surface area contributed by atoms with E-state index in [1.54, 1.807) is 29.7 Å². The molecule has 3 aromatic rings. The second-order valence-electron chi connectivity index (χ2n) is 6.22. The van der Waals surface area contributed by atoms with Gasteiger partial charge in [-0.15, -0.1) is 16.4 Å². The van der Waals surface area contributed by atoms with Crippen molar-refractivity contribution in [3.63, 3.8) is 0 Å². The zero-order chi connectivity index (χ0) is 18.8. The topological polar surface area (TPSA) is 86.0 Å². The van der Waals surface area contributed by atoms with Crippen LogP contribution in [0, 0.1) is 0 Å². The summed E-state index contributed by atoms with van der Waals surface area (Å²) in [6, 6.07) is 3.29. The Morgan fingerprint density at radius 3 is 3.00 bits per heavy atom. The van der Waals surface area contributed by atoms with Crippen molar-refractivity contribution in [2.75, 3.05) is 20.2 Å². The number of nitrogens with zero attached hydrogens (tertiary/aromatic N) is 6. The lowest BCUT2D eigenvalue weighted by Crippen LogP contribution is -2.39. The summed E-state index contributed by atoms with van der Waals surface area (Å²) in [6.07, 6.45) is 5.22. The summed E-state index contributed by atoms with van der Waals surface area (Å²) in [7, 11) is 1.53. The number of methoxy groups -OCH3 is 1. The number of ether oxygens (including phenoxy) is 1. The Balaban J connectivity index is 1.62. The van der Waals surface area contributed by atoms with Gasteiger partial charge in [0.05, 0.1) is 28.4 Å². The molecule has 4 rings (SSSR count). The average molecular weight is 405 g/mol. The molecule has 2 aromatic heterocycles. The van der Waals surface area contributed by atoms with Gasteiger partial charge in [0.15, 0.2) is 0 Å². The fraction of sp³-hybridized carbons (Fsp3) is 0.353. The smallest absolute Gasteiger partial charge is 0.257 e. The molecule has 0 bridgehead atoms. The number of hydrogen-bond acceptors (Lipinski definition) is 7. The maximum absolute atomic E-state index is 13.2. The third-order valence-corrected chi connectivity index (χ3v) is 5.85. The second-order valence-corrected chi connectivity index (χ2v) is 7.55. The van der Waals surface area contributed by atoms with Crippen LogP contribution in [0.5, 0.6) is 5.75 Å². The van der Waals surface area contributed by atoms with E-state index in [0.29, 0.717) is 35.1 Å². The number of amides is 1. The van der Waals surface area contributed by atoms with E-state index in [0.717, 1.165) is 17.8 Å². The van der Waals surface area contributed by atoms with Crippen LogP contribution < -0.4 is 4.74 Å². The Labute approximate surface area is 164 Å². The minimum Gasteiger partial charge on any atom is -0.496 e. The largest absolute Gasteiger partial charge is 0.496 e. The number of benzene rings is 1. The normalized spacial score (nSPS) is 17.1. The summed E-state index contributed by atoms with van der Waals surface area (Å²) in [5.74, 6) is 0.606. The van der Waals surface area contributed by atoms with Crippen LogP contribution in [0.15, 0.2) is 30.0 Å². The predicted octanol–water partition coefficient (Wildman–Crippen LogP) is 2.80. The van der Waals surface area contributed by atoms with Gasteiger partial charge < -0.3 is 9.64 Å². The van der Waals surface area contributed by atoms with Crippen molar-refractivity contribution in [3.05, 3.63) is 45.6 Å². The third kappa shape index (κ3) is 3.52. The Bertz CT molecular complexity index is 931. The molecule has 0 saturated carbocycles. The molecule has 0 aliphatic carbocycles. The number of carbonyl (C=O) groups is 1. The standard InChI is InChI=1S/C17H17ClN6O2S/c1-26-15-8-14(24-10-20-21-22-24)13(18)7-12(15)17(25)23-5-2-3-11(9-23)16-19-4-6-27-16/h4,6-8,10-11H,2-3,5,9H2,1H3. The Morgan fingerprint density at radius 2 is 2.30 bits per heavy atom. The highest BCUT2D eigenvalue weighted by molar-refractivity contribution is 7.09. The predicted molar refractivity (Wildman–Crippen MR) is 101 cm³/mol. The van der Waals surface area contributed by atoms with Gasteiger partial charge in [-0.2, -0.15) is 4.68 Å². The number of carbonyl (C=O) groups excluding carboxylic acids is 1. The van der Waals surface area contributed by atoms with Crippen molar-refractivity contribution in [1.29, 1.82) is 0 Å². The van der Waals surface area contributed by atoms with Crippen LogP contribution in [0.2, 0.25) is 5.02 Å². The van der Waals surface area contributed by atoms with E-state index in [9.17, 15) is 4.79 Å². The monoisotopic (exact) mass is 404 g/mol. The average Bonchev–Trinajstić information content (AvgIpc) is 3.41. The van der Waals surface area contributed by atoms with Crippen LogP contribution in [-0.4, -0.2) is 56.2 Å². The zero-order valence-electron chi connectivity index (χ0n) is 14.6. The Morgan fingerprint density at radius 1 is 1.41 bits per heavy atom. The first kappa shape index (κ1) is 17.9. The van der Waals surface area contributed by atoms with Gasteiger partial charge in [0.1, 0.15) is 12.1 Å². The molecule has 0 N–H and O–H groups in total. The van der Waals surface area contributed by atoms with Gasteiger partial charge in [0.2, 0.25) is 0 Å². The molecule has 1 fully saturated rings. The van der Waals surface area contributed by atoms with Gasteiger partial charge in [-0.3, -0.25) is 4.79 Å². The van der Waals surface area contributed by atoms with E-state index < -0.39 is 0 Å². The van der Waals surface area contributed by atoms with Crippen LogP contribution in [0.3, 0.4) is 0 Å². The molecule has 10 heteroatoms. The maximum Gasteiger partial charge on any atom is 0.257 e. The summed E-state index contributed by atoms with van der Waals surface area (Å²) >= 11 is 8.02. The van der Waals surface area contributed by atoms with Crippen molar-refractivity contribution < 1.29 is 9.53 Å². The molecular weight excluding hydrogens is 388 g/mol. The van der Waals surface area contributed by atoms with E-state index in [4.69, 9.17) is 16.3 Å². The minimum absolute atomic E-state index is 0.0988. The number of likely N-dealkylation sites (tertiary alicyclic amines) is 1. The molecule has 0 radical (unpaired) electrons. The molecule has 140 valence electrons. The zero-order valence-corrected chi connectivity index (χ0v) is 16.2. The fourth-order valence-corrected chi connectivity index (χ4v) is 4.31. The summed E-state index contributed by atoms with van der Waals surface area (Å²) in [4.78, 5) is 19.4. The lowest BCUT2D eigenvalue weighted by molar-refractivity contribution is 0.0703. The number of tetrazole rings is 1. The molecule has 1 aliphatic rings. The lowest BCUT2D eigenvalue weighted by Gasteiger charge is -2.32. The van der Waals surface area contributed by atoms with E-state index >= 15 is 0 Å². The van der Waals surface area contributed by atoms with Gasteiger partial charge >= 0.3 is 0 Å². The maximum atomic E-state index is 13.2. The van der Waals surface area contributed by atoms with Crippen molar-refractivity contribution >= 4 is 28.8 Å². The molecule has 1 aliphatic heterocycles. The number of rotatable bonds is 4. The molecule has 8 nitrogen and oxygen atoms in total. The van der Waals surface area contributed by atoms with E-state index in [-0.39, 0.29) is 11.8 Å². The van der Waals surface area contributed by atoms with Crippen molar-refractivity contribution in [1.82, 2.24) is 30.1 Å². The Hall–Kier alpha value is -2.52. The first-order valence-corrected chi connectivity index (χ1v) is 9.72. The van der Waals surface area contributed by atoms with Gasteiger partial charge in [-0.25, -0.2) is 4.98 Å². The Kier molecular flexibility index (Phi) is 5.04. The third-order valence-electron chi connectivity index (χ3n) is 4.60. The molecular formula is C17H17ClN6O2S. The minimum atomic E-state index is -0.0988. The van der Waals surface area contributed by atoms with Crippen molar-refractivity contribution in [2.45, 2.75) is 18.8 Å². The molecule has 1 amide bonds. The van der Waals surface area contributed by atoms with Crippen LogP contribution in [0.25, 0.3) is 5.69 Å². The second kappa shape index (κ2) is 7.61. The highest BCUT2D eigenvalue weighted by Crippen LogP contribution is 2.33. The quantitative estimate of drug-likeness (QED) is 0.664. The molecule has 1 saturated heterocycles. The van der Waals surface area contributed by atoms with Crippen LogP contribution in [0.4, 0.5) is 0 Å². The summed E-state index contributed by atoms with van der Waals surface area (Å²) in [5.41, 5.74) is 0.980. The van der Waals surface area contributed by atoms with Gasteiger partial charge in [0, 0.05) is 36.7 Å². The first-order chi connectivity index (χ1) is 13.2. The molecule has 1 unspecified atom stereocenters. The number of piperidine rings is 1. The SMILES string of the molecule is COc1cc(-n2cnnn2)c(Cl)cc1C(=O)N1CCCC(c2nccs2)C1. The molecule has 1 aromatic carbocycles. The van der Waals surface area contributed by atoms with Crippen molar-refractivity contribution in [3.8, 4) is 11.4 Å². The summed E-state index contributed by atoms with van der Waals surface area (Å²) in [5, 5.41) is 14.5. The van der Waals surface area contributed by atoms with Crippen LogP contribution in [0.1, 0.15) is 34.1 Å². The van der Waals surface area contributed by atoms with Gasteiger partial charge in [0.25, 0.3) is 5.91 Å². The van der Waals surface area contributed by atoms with Gasteiger partial charge in [-0.1, -0.05) is 11.6 Å². The molecule has 1 atom stereocenters. The number of halogens is 1. The van der Waals surface area contributed by atoms with E-state index in [1.807, 2.05) is 10.3 Å². The van der Waals surface area contributed by atoms with Crippen molar-refractivity contribution in [2.24, 2.45) is 0 Å². The summed E-state index contributed by atoms with van der Waals surface area (Å²) < 4.78 is 6.88. The van der Waals surface area contributed by atoms with Gasteiger partial charge in [-0.05, 0) is 29.3 Å². The molecule has 0 spiro atoms. The lowest BCUT2D eigenvalue weighted by atomic mass is 9.98. The fourth-order valence-electron chi connectivity index (χ4n) is 3.30. The number of thiazole rings is 1. The highest BCUT2D eigenvalue weighted by Gasteiger charge is 2.29.